The van der Waals surface area contributed by atoms with Crippen LogP contribution in [-0.4, -0.2) is 47.6 Å². The molecule has 0 N–H and O–H groups in total. The van der Waals surface area contributed by atoms with E-state index in [1.165, 1.54) is 0 Å². The predicted molar refractivity (Wildman–Crippen MR) is 94.9 cm³/mol. The molecule has 0 saturated heterocycles. The zero-order chi connectivity index (χ0) is 18.8. The van der Waals surface area contributed by atoms with Crippen LogP contribution >= 0.6 is 0 Å². The first kappa shape index (κ1) is 19.9. The van der Waals surface area contributed by atoms with Crippen LogP contribution in [-0.2, 0) is 31.8 Å². The van der Waals surface area contributed by atoms with Crippen molar-refractivity contribution in [1.82, 2.24) is 15.0 Å². The maximum absolute atomic E-state index is 15.2. The van der Waals surface area contributed by atoms with E-state index in [1.807, 2.05) is 20.8 Å². The fourth-order valence-corrected chi connectivity index (χ4v) is 3.11. The highest BCUT2D eigenvalue weighted by Crippen LogP contribution is 2.35. The molecule has 1 heterocycles. The lowest BCUT2D eigenvalue weighted by atomic mass is 9.74. The minimum absolute atomic E-state index is 0.102. The number of alkyl halides is 1. The van der Waals surface area contributed by atoms with Crippen molar-refractivity contribution in [1.29, 1.82) is 0 Å². The summed E-state index contributed by atoms with van der Waals surface area (Å²) in [6, 6.07) is 0. The first-order chi connectivity index (χ1) is 11.5. The summed E-state index contributed by atoms with van der Waals surface area (Å²) in [6.07, 6.45) is 1.77. The lowest BCUT2D eigenvalue weighted by Crippen LogP contribution is -2.32. The number of halogens is 1. The van der Waals surface area contributed by atoms with Crippen LogP contribution in [0, 0.1) is 0 Å². The fraction of sp³-hybridized carbons (Fsp3) is 0.824. The van der Waals surface area contributed by atoms with Crippen molar-refractivity contribution in [3.8, 4) is 0 Å². The second kappa shape index (κ2) is 7.44. The van der Waals surface area contributed by atoms with E-state index in [0.717, 1.165) is 5.69 Å². The molecular weight excluding hydrogens is 324 g/mol. The van der Waals surface area contributed by atoms with Gasteiger partial charge in [0.25, 0.3) is 0 Å². The van der Waals surface area contributed by atoms with Crippen LogP contribution in [0.4, 0.5) is 4.39 Å². The minimum atomic E-state index is -1.56. The highest BCUT2D eigenvalue weighted by molar-refractivity contribution is 6.14. The van der Waals surface area contributed by atoms with Crippen molar-refractivity contribution >= 4 is 13.8 Å². The molecule has 0 amide bonds. The molecule has 2 unspecified atom stereocenters. The first-order valence-electron chi connectivity index (χ1n) is 8.96. The van der Waals surface area contributed by atoms with Gasteiger partial charge in [0.15, 0.2) is 7.85 Å². The summed E-state index contributed by atoms with van der Waals surface area (Å²) in [4.78, 5) is 11.7. The van der Waals surface area contributed by atoms with Crippen molar-refractivity contribution < 1.29 is 18.7 Å². The van der Waals surface area contributed by atoms with Gasteiger partial charge in [-0.1, -0.05) is 5.21 Å². The third-order valence-corrected chi connectivity index (χ3v) is 4.34. The Hall–Kier alpha value is -1.44. The average molecular weight is 353 g/mol. The molecule has 1 aliphatic rings. The van der Waals surface area contributed by atoms with Gasteiger partial charge in [0.2, 0.25) is 0 Å². The average Bonchev–Trinajstić information content (AvgIpc) is 2.88. The fourth-order valence-electron chi connectivity index (χ4n) is 3.11. The molecule has 2 rings (SSSR count). The number of aromatic nitrogens is 3. The molecule has 1 aliphatic carbocycles. The molecule has 2 atom stereocenters. The van der Waals surface area contributed by atoms with Gasteiger partial charge < -0.3 is 9.47 Å². The van der Waals surface area contributed by atoms with Crippen molar-refractivity contribution in [3.63, 3.8) is 0 Å². The first-order valence-corrected chi connectivity index (χ1v) is 8.96. The summed E-state index contributed by atoms with van der Waals surface area (Å²) in [5.41, 5.74) is -0.581. The van der Waals surface area contributed by atoms with E-state index in [1.54, 1.807) is 26.4 Å². The Bertz CT molecular complexity index is 611. The van der Waals surface area contributed by atoms with Crippen LogP contribution in [0.1, 0.15) is 65.3 Å². The van der Waals surface area contributed by atoms with Gasteiger partial charge in [0.05, 0.1) is 23.4 Å². The second-order valence-corrected chi connectivity index (χ2v) is 8.21. The quantitative estimate of drug-likeness (QED) is 0.611. The minimum Gasteiger partial charge on any atom is -0.461 e. The zero-order valence-corrected chi connectivity index (χ0v) is 16.1. The smallest absolute Gasteiger partial charge is 0.332 e. The van der Waals surface area contributed by atoms with E-state index in [-0.39, 0.29) is 36.7 Å². The number of rotatable bonds is 4. The number of ether oxygens (including phenoxy) is 2. The van der Waals surface area contributed by atoms with Gasteiger partial charge in [-0.25, -0.2) is 13.9 Å². The summed E-state index contributed by atoms with van der Waals surface area (Å²) in [7, 11) is 1.54. The number of nitrogens with zero attached hydrogens (tertiary/aromatic N) is 3. The van der Waals surface area contributed by atoms with E-state index in [2.05, 4.69) is 10.3 Å². The predicted octanol–water partition coefficient (Wildman–Crippen LogP) is 1.85. The van der Waals surface area contributed by atoms with Crippen molar-refractivity contribution in [2.24, 2.45) is 0 Å². The summed E-state index contributed by atoms with van der Waals surface area (Å²) < 4.78 is 27.8. The standard InChI is InChI=1S/C17H29BFN3O3/c1-11(2)25-14(23)10-24-12-6-7-13-15(17(18,19)9-8-12)20-21-22(13)16(3,4)5/h11-12H,6-10,18H2,1-5H3. The number of esters is 1. The van der Waals surface area contributed by atoms with E-state index < -0.39 is 5.57 Å². The zero-order valence-electron chi connectivity index (χ0n) is 16.1. The number of hydrogen-bond acceptors (Lipinski definition) is 5. The number of carbonyl (C=O) groups is 1. The van der Waals surface area contributed by atoms with Crippen LogP contribution in [0.2, 0.25) is 0 Å². The third-order valence-electron chi connectivity index (χ3n) is 4.34. The SMILES string of the molecule is BC1(F)CCC(OCC(=O)OC(C)C)CCc2c1nnn2C(C)(C)C. The van der Waals surface area contributed by atoms with Gasteiger partial charge in [-0.05, 0) is 60.3 Å². The van der Waals surface area contributed by atoms with Crippen LogP contribution in [0.15, 0.2) is 0 Å². The van der Waals surface area contributed by atoms with Gasteiger partial charge in [0.1, 0.15) is 17.9 Å². The molecule has 0 radical (unpaired) electrons. The highest BCUT2D eigenvalue weighted by Gasteiger charge is 2.37. The summed E-state index contributed by atoms with van der Waals surface area (Å²) in [5.74, 6) is -0.387. The highest BCUT2D eigenvalue weighted by atomic mass is 19.1. The maximum Gasteiger partial charge on any atom is 0.332 e. The molecule has 0 aromatic carbocycles. The van der Waals surface area contributed by atoms with Crippen LogP contribution in [0.25, 0.3) is 0 Å². The van der Waals surface area contributed by atoms with E-state index in [9.17, 15) is 4.79 Å². The molecular formula is C17H29BFN3O3. The van der Waals surface area contributed by atoms with Crippen LogP contribution in [0.5, 0.6) is 0 Å². The molecule has 0 saturated carbocycles. The molecule has 0 fully saturated rings. The van der Waals surface area contributed by atoms with Crippen molar-refractivity contribution in [2.75, 3.05) is 6.61 Å². The lowest BCUT2D eigenvalue weighted by Gasteiger charge is -2.29. The molecule has 140 valence electrons. The van der Waals surface area contributed by atoms with Crippen LogP contribution < -0.4 is 0 Å². The molecule has 0 spiro atoms. The largest absolute Gasteiger partial charge is 0.461 e. The Morgan fingerprint density at radius 1 is 1.44 bits per heavy atom. The Balaban J connectivity index is 2.12. The Morgan fingerprint density at radius 3 is 2.72 bits per heavy atom. The van der Waals surface area contributed by atoms with E-state index >= 15 is 4.39 Å². The van der Waals surface area contributed by atoms with Gasteiger partial charge in [-0.3, -0.25) is 0 Å². The molecule has 25 heavy (non-hydrogen) atoms. The van der Waals surface area contributed by atoms with Gasteiger partial charge in [-0.15, -0.1) is 5.10 Å². The topological polar surface area (TPSA) is 66.2 Å². The molecule has 1 aromatic heterocycles. The van der Waals surface area contributed by atoms with Crippen molar-refractivity contribution in [3.05, 3.63) is 11.4 Å². The maximum atomic E-state index is 15.2. The van der Waals surface area contributed by atoms with E-state index in [0.29, 0.717) is 25.0 Å². The number of carbonyl (C=O) groups excluding carboxylic acids is 1. The molecule has 6 nitrogen and oxygen atoms in total. The molecule has 0 bridgehead atoms. The molecule has 0 aliphatic heterocycles. The second-order valence-electron chi connectivity index (χ2n) is 8.21. The molecule has 1 aromatic rings. The summed E-state index contributed by atoms with van der Waals surface area (Å²) >= 11 is 0. The third kappa shape index (κ3) is 5.03. The van der Waals surface area contributed by atoms with Crippen molar-refractivity contribution in [2.45, 2.75) is 83.6 Å². The molecule has 8 heteroatoms. The number of fused-ring (bicyclic) bond motifs is 1. The monoisotopic (exact) mass is 353 g/mol. The Labute approximate surface area is 149 Å². The summed E-state index contributed by atoms with van der Waals surface area (Å²) in [6.45, 7) is 9.55. The lowest BCUT2D eigenvalue weighted by molar-refractivity contribution is -0.155. The van der Waals surface area contributed by atoms with Gasteiger partial charge in [0, 0.05) is 0 Å². The van der Waals surface area contributed by atoms with Gasteiger partial charge in [-0.2, -0.15) is 0 Å². The van der Waals surface area contributed by atoms with Crippen LogP contribution in [0.3, 0.4) is 0 Å². The summed E-state index contributed by atoms with van der Waals surface area (Å²) in [5, 5.41) is 8.32. The Morgan fingerprint density at radius 2 is 2.12 bits per heavy atom. The van der Waals surface area contributed by atoms with E-state index in [4.69, 9.17) is 9.47 Å². The normalized spacial score (nSPS) is 24.5. The Kier molecular flexibility index (Phi) is 5.91. The number of hydrogen-bond donors (Lipinski definition) is 0. The van der Waals surface area contributed by atoms with Gasteiger partial charge >= 0.3 is 5.97 Å².